The Bertz CT molecular complexity index is 549. The van der Waals surface area contributed by atoms with Crippen molar-refractivity contribution < 1.29 is 8.42 Å². The van der Waals surface area contributed by atoms with Crippen LogP contribution in [0.1, 0.15) is 19.8 Å². The molecule has 1 aromatic heterocycles. The van der Waals surface area contributed by atoms with E-state index in [0.717, 1.165) is 32.5 Å². The van der Waals surface area contributed by atoms with Gasteiger partial charge in [0.25, 0.3) is 0 Å². The Hall–Kier alpha value is -1.22. The van der Waals surface area contributed by atoms with Crippen molar-refractivity contribution in [3.63, 3.8) is 0 Å². The smallest absolute Gasteiger partial charge is 0.241 e. The van der Waals surface area contributed by atoms with Gasteiger partial charge in [-0.3, -0.25) is 0 Å². The van der Waals surface area contributed by atoms with Crippen LogP contribution >= 0.6 is 0 Å². The Morgan fingerprint density at radius 3 is 3.05 bits per heavy atom. The van der Waals surface area contributed by atoms with Gasteiger partial charge in [0, 0.05) is 24.8 Å². The molecule has 0 aliphatic carbocycles. The molecule has 0 spiro atoms. The van der Waals surface area contributed by atoms with Gasteiger partial charge in [-0.15, -0.1) is 0 Å². The Kier molecular flexibility index (Phi) is 4.92. The van der Waals surface area contributed by atoms with Crippen LogP contribution in [0.2, 0.25) is 0 Å². The monoisotopic (exact) mass is 299 g/mol. The van der Waals surface area contributed by atoms with Gasteiger partial charge in [-0.1, -0.05) is 6.92 Å². The molecule has 7 nitrogen and oxygen atoms in total. The molecule has 2 heterocycles. The number of likely N-dealkylation sites (N-methyl/N-ethyl adjacent to an activating group) is 1. The number of nitrogens with zero attached hydrogens (tertiary/aromatic N) is 2. The van der Waals surface area contributed by atoms with Gasteiger partial charge >= 0.3 is 0 Å². The van der Waals surface area contributed by atoms with E-state index in [2.05, 4.69) is 27.0 Å². The van der Waals surface area contributed by atoms with Gasteiger partial charge in [-0.2, -0.15) is 0 Å². The quantitative estimate of drug-likeness (QED) is 0.528. The molecule has 1 saturated heterocycles. The number of piperidine rings is 1. The number of nitrogens with one attached hydrogen (secondary N) is 2. The fourth-order valence-corrected chi connectivity index (χ4v) is 3.66. The molecule has 20 heavy (non-hydrogen) atoms. The number of aromatic nitrogens is 1. The number of anilines is 1. The van der Waals surface area contributed by atoms with E-state index in [-0.39, 0.29) is 10.9 Å². The number of nitrogen functional groups attached to an aromatic ring is 1. The molecule has 1 aliphatic rings. The maximum Gasteiger partial charge on any atom is 0.241 e. The first-order valence-corrected chi connectivity index (χ1v) is 8.21. The third-order valence-electron chi connectivity index (χ3n) is 3.46. The van der Waals surface area contributed by atoms with Crippen LogP contribution in [0.5, 0.6) is 0 Å². The van der Waals surface area contributed by atoms with Crippen LogP contribution in [0.3, 0.4) is 0 Å². The van der Waals surface area contributed by atoms with E-state index >= 15 is 0 Å². The van der Waals surface area contributed by atoms with Gasteiger partial charge in [0.2, 0.25) is 10.0 Å². The lowest BCUT2D eigenvalue weighted by molar-refractivity contribution is 0.211. The molecule has 4 N–H and O–H groups in total. The molecule has 0 bridgehead atoms. The van der Waals surface area contributed by atoms with Crippen LogP contribution in [0.4, 0.5) is 5.82 Å². The predicted octanol–water partition coefficient (Wildman–Crippen LogP) is 0.130. The summed E-state index contributed by atoms with van der Waals surface area (Å²) in [5.41, 5.74) is 2.35. The summed E-state index contributed by atoms with van der Waals surface area (Å²) < 4.78 is 27.4. The van der Waals surface area contributed by atoms with Crippen molar-refractivity contribution in [3.05, 3.63) is 18.3 Å². The van der Waals surface area contributed by atoms with E-state index in [0.29, 0.717) is 5.82 Å². The van der Waals surface area contributed by atoms with E-state index in [1.807, 2.05) is 0 Å². The van der Waals surface area contributed by atoms with Gasteiger partial charge in [0.1, 0.15) is 5.82 Å². The SMILES string of the molecule is CCN1CCCC(NS(=O)(=O)c2ccnc(NN)c2)C1. The van der Waals surface area contributed by atoms with Crippen LogP contribution in [0.15, 0.2) is 23.2 Å². The average Bonchev–Trinajstić information content (AvgIpc) is 2.47. The summed E-state index contributed by atoms with van der Waals surface area (Å²) in [5.74, 6) is 5.57. The number of nitrogens with two attached hydrogens (primary N) is 1. The number of likely N-dealkylation sites (tertiary alicyclic amines) is 1. The Balaban J connectivity index is 2.10. The molecule has 1 unspecified atom stereocenters. The molecule has 1 fully saturated rings. The highest BCUT2D eigenvalue weighted by Crippen LogP contribution is 2.15. The molecule has 0 radical (unpaired) electrons. The molecule has 0 amide bonds. The molecular formula is C12H21N5O2S. The molecule has 1 aliphatic heterocycles. The number of hydrogen-bond donors (Lipinski definition) is 3. The van der Waals surface area contributed by atoms with Gasteiger partial charge in [-0.25, -0.2) is 24.0 Å². The number of rotatable bonds is 5. The molecule has 112 valence electrons. The summed E-state index contributed by atoms with van der Waals surface area (Å²) in [5, 5.41) is 0. The second-order valence-corrected chi connectivity index (χ2v) is 6.59. The third-order valence-corrected chi connectivity index (χ3v) is 4.98. The summed E-state index contributed by atoms with van der Waals surface area (Å²) in [6.07, 6.45) is 3.29. The van der Waals surface area contributed by atoms with Crippen LogP contribution in [-0.2, 0) is 10.0 Å². The van der Waals surface area contributed by atoms with Crippen LogP contribution in [0, 0.1) is 0 Å². The highest BCUT2D eigenvalue weighted by atomic mass is 32.2. The molecule has 2 rings (SSSR count). The van der Waals surface area contributed by atoms with Crippen molar-refractivity contribution in [1.82, 2.24) is 14.6 Å². The van der Waals surface area contributed by atoms with Crippen molar-refractivity contribution in [1.29, 1.82) is 0 Å². The third kappa shape index (κ3) is 3.66. The Morgan fingerprint density at radius 2 is 2.35 bits per heavy atom. The van der Waals surface area contributed by atoms with Crippen molar-refractivity contribution in [3.8, 4) is 0 Å². The standard InChI is InChI=1S/C12H21N5O2S/c1-2-17-7-3-4-10(9-17)16-20(18,19)11-5-6-14-12(8-11)15-13/h5-6,8,10,16H,2-4,7,9,13H2,1H3,(H,14,15). The van der Waals surface area contributed by atoms with Crippen molar-refractivity contribution in [2.75, 3.05) is 25.1 Å². The Morgan fingerprint density at radius 1 is 1.55 bits per heavy atom. The maximum absolute atomic E-state index is 12.3. The lowest BCUT2D eigenvalue weighted by Crippen LogP contribution is -2.47. The molecule has 1 aromatic rings. The summed E-state index contributed by atoms with van der Waals surface area (Å²) in [7, 11) is -3.54. The first-order valence-electron chi connectivity index (χ1n) is 6.72. The number of pyridine rings is 1. The first-order chi connectivity index (χ1) is 9.55. The highest BCUT2D eigenvalue weighted by molar-refractivity contribution is 7.89. The zero-order chi connectivity index (χ0) is 14.6. The Labute approximate surface area is 119 Å². The fourth-order valence-electron chi connectivity index (χ4n) is 2.38. The lowest BCUT2D eigenvalue weighted by Gasteiger charge is -2.32. The molecule has 0 aromatic carbocycles. The summed E-state index contributed by atoms with van der Waals surface area (Å²) >= 11 is 0. The lowest BCUT2D eigenvalue weighted by atomic mass is 10.1. The maximum atomic E-state index is 12.3. The van der Waals surface area contributed by atoms with Gasteiger partial charge in [0.05, 0.1) is 4.90 Å². The number of sulfonamides is 1. The van der Waals surface area contributed by atoms with Gasteiger partial charge in [-0.05, 0) is 32.0 Å². The molecule has 1 atom stereocenters. The highest BCUT2D eigenvalue weighted by Gasteiger charge is 2.24. The molecule has 8 heteroatoms. The topological polar surface area (TPSA) is 100 Å². The second-order valence-electron chi connectivity index (χ2n) is 4.87. The van der Waals surface area contributed by atoms with E-state index in [1.54, 1.807) is 0 Å². The van der Waals surface area contributed by atoms with Crippen molar-refractivity contribution >= 4 is 15.8 Å². The first kappa shape index (κ1) is 15.2. The summed E-state index contributed by atoms with van der Waals surface area (Å²) in [4.78, 5) is 6.33. The molecule has 0 saturated carbocycles. The van der Waals surface area contributed by atoms with E-state index in [1.165, 1.54) is 18.3 Å². The minimum Gasteiger partial charge on any atom is -0.308 e. The largest absolute Gasteiger partial charge is 0.308 e. The molecular weight excluding hydrogens is 278 g/mol. The minimum atomic E-state index is -3.54. The van der Waals surface area contributed by atoms with Crippen LogP contribution in [0.25, 0.3) is 0 Å². The summed E-state index contributed by atoms with van der Waals surface area (Å²) in [6.45, 7) is 4.81. The van der Waals surface area contributed by atoms with Crippen molar-refractivity contribution in [2.24, 2.45) is 5.84 Å². The van der Waals surface area contributed by atoms with Crippen LogP contribution < -0.4 is 16.0 Å². The van der Waals surface area contributed by atoms with E-state index in [9.17, 15) is 8.42 Å². The average molecular weight is 299 g/mol. The predicted molar refractivity (Wildman–Crippen MR) is 77.5 cm³/mol. The summed E-state index contributed by atoms with van der Waals surface area (Å²) in [6, 6.07) is 2.84. The van der Waals surface area contributed by atoms with Gasteiger partial charge < -0.3 is 10.3 Å². The van der Waals surface area contributed by atoms with Crippen molar-refractivity contribution in [2.45, 2.75) is 30.7 Å². The normalized spacial score (nSPS) is 20.8. The zero-order valence-electron chi connectivity index (χ0n) is 11.5. The van der Waals surface area contributed by atoms with E-state index < -0.39 is 10.0 Å². The number of hydrogen-bond acceptors (Lipinski definition) is 6. The minimum absolute atomic E-state index is 0.0452. The zero-order valence-corrected chi connectivity index (χ0v) is 12.4. The van der Waals surface area contributed by atoms with E-state index in [4.69, 9.17) is 5.84 Å². The second kappa shape index (κ2) is 6.49. The fraction of sp³-hybridized carbons (Fsp3) is 0.583. The van der Waals surface area contributed by atoms with Gasteiger partial charge in [0.15, 0.2) is 0 Å². The van der Waals surface area contributed by atoms with Crippen LogP contribution in [-0.4, -0.2) is 44.0 Å². The number of hydrazine groups is 1.